The van der Waals surface area contributed by atoms with Crippen molar-refractivity contribution >= 4 is 15.9 Å². The monoisotopic (exact) mass is 495 g/mol. The molecule has 9 heteroatoms. The van der Waals surface area contributed by atoms with Crippen molar-refractivity contribution in [3.05, 3.63) is 80.9 Å². The number of carbonyl (C=O) groups is 1. The van der Waals surface area contributed by atoms with Gasteiger partial charge in [0, 0.05) is 17.8 Å². The average molecular weight is 496 g/mol. The van der Waals surface area contributed by atoms with E-state index in [9.17, 15) is 18.0 Å². The normalized spacial score (nSPS) is 14.5. The van der Waals surface area contributed by atoms with Crippen LogP contribution in [-0.2, 0) is 10.0 Å². The molecule has 1 amide bonds. The van der Waals surface area contributed by atoms with E-state index in [2.05, 4.69) is 4.98 Å². The number of sulfonamides is 1. The molecule has 1 aromatic carbocycles. The van der Waals surface area contributed by atoms with Crippen LogP contribution in [0.25, 0.3) is 0 Å². The van der Waals surface area contributed by atoms with Gasteiger partial charge in [0.25, 0.3) is 21.5 Å². The van der Waals surface area contributed by atoms with Crippen molar-refractivity contribution in [1.29, 1.82) is 0 Å². The minimum absolute atomic E-state index is 0.0279. The van der Waals surface area contributed by atoms with Crippen LogP contribution in [0.2, 0.25) is 0 Å². The van der Waals surface area contributed by atoms with Gasteiger partial charge in [0.2, 0.25) is 5.88 Å². The third-order valence-electron chi connectivity index (χ3n) is 6.25. The average Bonchev–Trinajstić information content (AvgIpc) is 2.81. The van der Waals surface area contributed by atoms with E-state index < -0.39 is 26.4 Å². The Balaban J connectivity index is 1.73. The van der Waals surface area contributed by atoms with E-state index in [4.69, 9.17) is 9.72 Å². The molecule has 0 aliphatic heterocycles. The zero-order valence-corrected chi connectivity index (χ0v) is 20.9. The van der Waals surface area contributed by atoms with Crippen LogP contribution in [0.5, 0.6) is 11.6 Å². The summed E-state index contributed by atoms with van der Waals surface area (Å²) in [6, 6.07) is 9.76. The number of carbonyl (C=O) groups excluding carboxylic acids is 1. The first kappa shape index (κ1) is 24.7. The number of aryl methyl sites for hydroxylation is 3. The zero-order chi connectivity index (χ0) is 25.2. The molecule has 4 rings (SSSR count). The number of nitrogens with one attached hydrogen (secondary N) is 2. The van der Waals surface area contributed by atoms with Gasteiger partial charge in [0.1, 0.15) is 11.3 Å². The van der Waals surface area contributed by atoms with Gasteiger partial charge in [0.05, 0.1) is 0 Å². The Bertz CT molecular complexity index is 1400. The van der Waals surface area contributed by atoms with Gasteiger partial charge < -0.3 is 9.72 Å². The number of ether oxygens (including phenoxy) is 1. The lowest BCUT2D eigenvalue weighted by atomic mass is 9.86. The first-order valence-corrected chi connectivity index (χ1v) is 13.2. The fourth-order valence-corrected chi connectivity index (χ4v) is 5.63. The Morgan fingerprint density at radius 1 is 1.06 bits per heavy atom. The van der Waals surface area contributed by atoms with Gasteiger partial charge in [-0.15, -0.1) is 0 Å². The molecule has 2 heterocycles. The third-order valence-corrected chi connectivity index (χ3v) is 7.61. The summed E-state index contributed by atoms with van der Waals surface area (Å²) in [6.07, 6.45) is 6.75. The Morgan fingerprint density at radius 2 is 1.74 bits per heavy atom. The molecule has 8 nitrogen and oxygen atoms in total. The van der Waals surface area contributed by atoms with E-state index in [1.54, 1.807) is 12.1 Å². The highest BCUT2D eigenvalue weighted by atomic mass is 32.2. The van der Waals surface area contributed by atoms with E-state index >= 15 is 0 Å². The Kier molecular flexibility index (Phi) is 7.07. The summed E-state index contributed by atoms with van der Waals surface area (Å²) in [5, 5.41) is 0. The second kappa shape index (κ2) is 10.0. The smallest absolute Gasteiger partial charge is 0.270 e. The lowest BCUT2D eigenvalue weighted by Crippen LogP contribution is -2.34. The molecule has 3 aromatic rings. The maximum absolute atomic E-state index is 13.1. The van der Waals surface area contributed by atoms with Crippen LogP contribution in [0.1, 0.15) is 70.8 Å². The second-order valence-corrected chi connectivity index (χ2v) is 10.7. The first-order chi connectivity index (χ1) is 16.7. The van der Waals surface area contributed by atoms with Crippen LogP contribution >= 0.6 is 0 Å². The number of H-pyrrole nitrogens is 1. The van der Waals surface area contributed by atoms with Gasteiger partial charge in [-0.25, -0.2) is 18.1 Å². The molecule has 184 valence electrons. The number of rotatable bonds is 6. The summed E-state index contributed by atoms with van der Waals surface area (Å²) in [6.45, 7) is 5.80. The molecule has 2 N–H and O–H groups in total. The molecule has 0 saturated heterocycles. The van der Waals surface area contributed by atoms with Gasteiger partial charge in [-0.1, -0.05) is 37.0 Å². The maximum Gasteiger partial charge on any atom is 0.270 e. The minimum Gasteiger partial charge on any atom is -0.438 e. The predicted octanol–water partition coefficient (Wildman–Crippen LogP) is 4.65. The molecule has 35 heavy (non-hydrogen) atoms. The highest BCUT2D eigenvalue weighted by Gasteiger charge is 2.26. The quantitative estimate of drug-likeness (QED) is 0.514. The van der Waals surface area contributed by atoms with Crippen molar-refractivity contribution < 1.29 is 17.9 Å². The van der Waals surface area contributed by atoms with E-state index in [1.165, 1.54) is 18.7 Å². The lowest BCUT2D eigenvalue weighted by Gasteiger charge is -2.22. The number of hydrogen-bond acceptors (Lipinski definition) is 6. The van der Waals surface area contributed by atoms with Gasteiger partial charge in [-0.3, -0.25) is 9.59 Å². The summed E-state index contributed by atoms with van der Waals surface area (Å²) < 4.78 is 33.7. The van der Waals surface area contributed by atoms with Crippen LogP contribution in [0.15, 0.2) is 52.3 Å². The minimum atomic E-state index is -4.41. The van der Waals surface area contributed by atoms with Gasteiger partial charge in [-0.05, 0) is 69.0 Å². The summed E-state index contributed by atoms with van der Waals surface area (Å²) in [5.74, 6) is -0.0542. The molecule has 1 fully saturated rings. The standard InChI is InChI=1S/C26H29N3O5S/c1-16-14-17(2)23(18(3)15-16)34-26-20(11-12-21(28-26)19-8-5-4-6-9-19)24(30)29-35(32,33)22-10-7-13-27-25(22)31/h7,10-15,19H,4-6,8-9H2,1-3H3,(H,27,31)(H,29,30). The van der Waals surface area contributed by atoms with Crippen LogP contribution in [0, 0.1) is 20.8 Å². The summed E-state index contributed by atoms with van der Waals surface area (Å²) in [7, 11) is -4.41. The molecule has 1 saturated carbocycles. The second-order valence-electron chi connectivity index (χ2n) is 9.05. The molecule has 0 unspecified atom stereocenters. The number of amides is 1. The van der Waals surface area contributed by atoms with E-state index in [0.29, 0.717) is 5.75 Å². The van der Waals surface area contributed by atoms with Crippen molar-refractivity contribution in [2.75, 3.05) is 0 Å². The number of aromatic amines is 1. The van der Waals surface area contributed by atoms with Crippen LogP contribution in [0.3, 0.4) is 0 Å². The predicted molar refractivity (Wildman–Crippen MR) is 133 cm³/mol. The number of pyridine rings is 2. The number of nitrogens with zero attached hydrogens (tertiary/aromatic N) is 1. The number of hydrogen-bond donors (Lipinski definition) is 2. The summed E-state index contributed by atoms with van der Waals surface area (Å²) in [5.41, 5.74) is 2.81. The Labute approximate surface area is 204 Å². The molecule has 0 atom stereocenters. The van der Waals surface area contributed by atoms with Gasteiger partial charge >= 0.3 is 0 Å². The summed E-state index contributed by atoms with van der Waals surface area (Å²) in [4.78, 5) is 31.6. The van der Waals surface area contributed by atoms with Crippen LogP contribution < -0.4 is 15.0 Å². The van der Waals surface area contributed by atoms with Crippen molar-refractivity contribution in [3.63, 3.8) is 0 Å². The molecule has 2 aromatic heterocycles. The topological polar surface area (TPSA) is 118 Å². The summed E-state index contributed by atoms with van der Waals surface area (Å²) >= 11 is 0. The highest BCUT2D eigenvalue weighted by Crippen LogP contribution is 2.35. The first-order valence-electron chi connectivity index (χ1n) is 11.7. The number of aromatic nitrogens is 2. The fraction of sp³-hybridized carbons (Fsp3) is 0.346. The molecule has 0 spiro atoms. The fourth-order valence-electron chi connectivity index (χ4n) is 4.61. The zero-order valence-electron chi connectivity index (χ0n) is 20.1. The Hall–Kier alpha value is -3.46. The molecular formula is C26H29N3O5S. The number of benzene rings is 1. The molecular weight excluding hydrogens is 466 g/mol. The van der Waals surface area contributed by atoms with Crippen molar-refractivity contribution in [2.45, 2.75) is 63.7 Å². The van der Waals surface area contributed by atoms with Crippen LogP contribution in [-0.4, -0.2) is 24.3 Å². The molecule has 1 aliphatic carbocycles. The van der Waals surface area contributed by atoms with Gasteiger partial charge in [-0.2, -0.15) is 0 Å². The van der Waals surface area contributed by atoms with E-state index in [1.807, 2.05) is 37.6 Å². The third kappa shape index (κ3) is 5.45. The molecule has 0 bridgehead atoms. The van der Waals surface area contributed by atoms with E-state index in [0.717, 1.165) is 54.1 Å². The van der Waals surface area contributed by atoms with E-state index in [-0.39, 0.29) is 17.4 Å². The maximum atomic E-state index is 13.1. The highest BCUT2D eigenvalue weighted by molar-refractivity contribution is 7.90. The van der Waals surface area contributed by atoms with Crippen molar-refractivity contribution in [3.8, 4) is 11.6 Å². The van der Waals surface area contributed by atoms with Gasteiger partial charge in [0.15, 0.2) is 4.90 Å². The molecule has 1 aliphatic rings. The SMILES string of the molecule is Cc1cc(C)c(Oc2nc(C3CCCCC3)ccc2C(=O)NS(=O)(=O)c2ccc[nH]c2=O)c(C)c1. The largest absolute Gasteiger partial charge is 0.438 e. The van der Waals surface area contributed by atoms with Crippen molar-refractivity contribution in [1.82, 2.24) is 14.7 Å². The Morgan fingerprint density at radius 3 is 2.40 bits per heavy atom. The van der Waals surface area contributed by atoms with Crippen molar-refractivity contribution in [2.24, 2.45) is 0 Å². The lowest BCUT2D eigenvalue weighted by molar-refractivity contribution is 0.0978. The van der Waals surface area contributed by atoms with Crippen LogP contribution in [0.4, 0.5) is 0 Å². The molecule has 0 radical (unpaired) electrons.